The van der Waals surface area contributed by atoms with Crippen molar-refractivity contribution in [2.75, 3.05) is 0 Å². The lowest BCUT2D eigenvalue weighted by atomic mass is 9.91. The molecule has 3 nitrogen and oxygen atoms in total. The van der Waals surface area contributed by atoms with E-state index in [0.717, 1.165) is 5.92 Å². The summed E-state index contributed by atoms with van der Waals surface area (Å²) in [5, 5.41) is 0. The maximum Gasteiger partial charge on any atom is 0.346 e. The third kappa shape index (κ3) is 2.97. The van der Waals surface area contributed by atoms with Crippen molar-refractivity contribution in [3.63, 3.8) is 0 Å². The Morgan fingerprint density at radius 3 is 1.83 bits per heavy atom. The van der Waals surface area contributed by atoms with Crippen LogP contribution in [0.15, 0.2) is 24.3 Å². The molecule has 3 rings (SSSR count). The largest absolute Gasteiger partial charge is 0.386 e. The molecule has 0 N–H and O–H groups in total. The second-order valence-corrected chi connectivity index (χ2v) is 4.97. The summed E-state index contributed by atoms with van der Waals surface area (Å²) in [6.45, 7) is 2.36. The fraction of sp³-hybridized carbons (Fsp3) is 0.467. The van der Waals surface area contributed by atoms with Gasteiger partial charge in [-0.2, -0.15) is 0 Å². The summed E-state index contributed by atoms with van der Waals surface area (Å²) in [7, 11) is 0. The van der Waals surface area contributed by atoms with E-state index in [4.69, 9.17) is 0 Å². The number of hydrogen-bond donors (Lipinski definition) is 0. The van der Waals surface area contributed by atoms with Crippen LogP contribution in [0.4, 0.5) is 0 Å². The summed E-state index contributed by atoms with van der Waals surface area (Å²) in [6, 6.07) is 6.53. The second-order valence-electron chi connectivity index (χ2n) is 4.97. The molecule has 18 heavy (non-hydrogen) atoms. The number of rotatable bonds is 0. The van der Waals surface area contributed by atoms with Crippen molar-refractivity contribution in [3.05, 3.63) is 35.4 Å². The van der Waals surface area contributed by atoms with E-state index in [-0.39, 0.29) is 0 Å². The van der Waals surface area contributed by atoms with Gasteiger partial charge in [0.05, 0.1) is 11.1 Å². The standard InChI is InChI=1S/C8H4O3.C7H14/c9-7-5-3-1-2-4-6(5)8(10)11-7;1-7-5-3-2-4-6-7/h1-4H;7H,2-6H2,1H3. The molecule has 96 valence electrons. The number of ether oxygens (including phenoxy) is 1. The molecule has 0 amide bonds. The van der Waals surface area contributed by atoms with Gasteiger partial charge in [-0.3, -0.25) is 0 Å². The van der Waals surface area contributed by atoms with Crippen LogP contribution in [-0.2, 0) is 4.74 Å². The molecule has 0 radical (unpaired) electrons. The SMILES string of the molecule is CC1CCCCC1.O=C1OC(=O)c2ccccc21. The van der Waals surface area contributed by atoms with Gasteiger partial charge in [-0.1, -0.05) is 51.2 Å². The van der Waals surface area contributed by atoms with Crippen molar-refractivity contribution < 1.29 is 14.3 Å². The van der Waals surface area contributed by atoms with Gasteiger partial charge in [0, 0.05) is 0 Å². The zero-order valence-corrected chi connectivity index (χ0v) is 10.6. The Hall–Kier alpha value is -1.64. The smallest absolute Gasteiger partial charge is 0.346 e. The van der Waals surface area contributed by atoms with Gasteiger partial charge in [0.2, 0.25) is 0 Å². The van der Waals surface area contributed by atoms with E-state index >= 15 is 0 Å². The third-order valence-electron chi connectivity index (χ3n) is 3.45. The molecule has 2 aliphatic rings. The molecule has 1 heterocycles. The highest BCUT2D eigenvalue weighted by Gasteiger charge is 2.28. The van der Waals surface area contributed by atoms with E-state index in [1.807, 2.05) is 0 Å². The summed E-state index contributed by atoms with van der Waals surface area (Å²) in [4.78, 5) is 21.7. The lowest BCUT2D eigenvalue weighted by Crippen LogP contribution is -1.99. The molecule has 1 aliphatic carbocycles. The molecule has 1 aromatic carbocycles. The van der Waals surface area contributed by atoms with Gasteiger partial charge in [-0.15, -0.1) is 0 Å². The first-order chi connectivity index (χ1) is 8.68. The van der Waals surface area contributed by atoms with Crippen LogP contribution in [0.3, 0.4) is 0 Å². The highest BCUT2D eigenvalue weighted by atomic mass is 16.6. The average Bonchev–Trinajstić information content (AvgIpc) is 2.68. The molecule has 3 heteroatoms. The molecule has 0 bridgehead atoms. The van der Waals surface area contributed by atoms with Crippen LogP contribution in [0.2, 0.25) is 0 Å². The highest BCUT2D eigenvalue weighted by Crippen LogP contribution is 2.22. The minimum atomic E-state index is -0.550. The Morgan fingerprint density at radius 1 is 0.944 bits per heavy atom. The van der Waals surface area contributed by atoms with Crippen LogP contribution < -0.4 is 0 Å². The predicted molar refractivity (Wildman–Crippen MR) is 68.4 cm³/mol. The summed E-state index contributed by atoms with van der Waals surface area (Å²) in [5.74, 6) is -0.0649. The Bertz CT molecular complexity index is 412. The topological polar surface area (TPSA) is 43.4 Å². The number of hydrogen-bond acceptors (Lipinski definition) is 3. The molecular formula is C15H18O3. The third-order valence-corrected chi connectivity index (χ3v) is 3.45. The number of esters is 2. The van der Waals surface area contributed by atoms with Crippen LogP contribution in [0.1, 0.15) is 59.7 Å². The maximum atomic E-state index is 10.8. The summed E-state index contributed by atoms with van der Waals surface area (Å²) < 4.78 is 4.35. The molecule has 0 aromatic heterocycles. The van der Waals surface area contributed by atoms with E-state index in [0.29, 0.717) is 11.1 Å². The first-order valence-electron chi connectivity index (χ1n) is 6.54. The predicted octanol–water partition coefficient (Wildman–Crippen LogP) is 3.58. The maximum absolute atomic E-state index is 10.8. The zero-order chi connectivity index (χ0) is 13.0. The first-order valence-corrected chi connectivity index (χ1v) is 6.54. The quantitative estimate of drug-likeness (QED) is 0.519. The number of fused-ring (bicyclic) bond motifs is 1. The monoisotopic (exact) mass is 246 g/mol. The molecule has 0 unspecified atom stereocenters. The molecule has 1 fully saturated rings. The Labute approximate surface area is 107 Å². The van der Waals surface area contributed by atoms with Gasteiger partial charge < -0.3 is 4.74 Å². The van der Waals surface area contributed by atoms with Crippen molar-refractivity contribution in [2.24, 2.45) is 5.92 Å². The van der Waals surface area contributed by atoms with Crippen LogP contribution in [0, 0.1) is 5.92 Å². The Kier molecular flexibility index (Phi) is 4.13. The summed E-state index contributed by atoms with van der Waals surface area (Å²) in [6.07, 6.45) is 7.44. The number of carbonyl (C=O) groups is 2. The van der Waals surface area contributed by atoms with E-state index in [2.05, 4.69) is 11.7 Å². The molecule has 0 atom stereocenters. The average molecular weight is 246 g/mol. The highest BCUT2D eigenvalue weighted by molar-refractivity contribution is 6.14. The van der Waals surface area contributed by atoms with Crippen LogP contribution >= 0.6 is 0 Å². The first kappa shape index (κ1) is 12.8. The van der Waals surface area contributed by atoms with Crippen molar-refractivity contribution >= 4 is 11.9 Å². The molecule has 1 saturated carbocycles. The van der Waals surface area contributed by atoms with Crippen molar-refractivity contribution in [3.8, 4) is 0 Å². The van der Waals surface area contributed by atoms with E-state index < -0.39 is 11.9 Å². The normalized spacial score (nSPS) is 18.7. The van der Waals surface area contributed by atoms with Crippen LogP contribution in [-0.4, -0.2) is 11.9 Å². The minimum Gasteiger partial charge on any atom is -0.386 e. The van der Waals surface area contributed by atoms with Crippen molar-refractivity contribution in [2.45, 2.75) is 39.0 Å². The van der Waals surface area contributed by atoms with Crippen molar-refractivity contribution in [1.82, 2.24) is 0 Å². The van der Waals surface area contributed by atoms with Gasteiger partial charge in [-0.25, -0.2) is 9.59 Å². The fourth-order valence-corrected chi connectivity index (χ4v) is 2.34. The van der Waals surface area contributed by atoms with E-state index in [1.165, 1.54) is 32.1 Å². The Morgan fingerprint density at radius 2 is 1.44 bits per heavy atom. The van der Waals surface area contributed by atoms with Crippen molar-refractivity contribution in [1.29, 1.82) is 0 Å². The van der Waals surface area contributed by atoms with Gasteiger partial charge >= 0.3 is 11.9 Å². The van der Waals surface area contributed by atoms with E-state index in [1.54, 1.807) is 24.3 Å². The molecule has 0 saturated heterocycles. The second kappa shape index (κ2) is 5.80. The lowest BCUT2D eigenvalue weighted by Gasteiger charge is -2.15. The molecular weight excluding hydrogens is 228 g/mol. The van der Waals surface area contributed by atoms with Gasteiger partial charge in [0.25, 0.3) is 0 Å². The van der Waals surface area contributed by atoms with Crippen LogP contribution in [0.25, 0.3) is 0 Å². The number of benzene rings is 1. The molecule has 1 aliphatic heterocycles. The van der Waals surface area contributed by atoms with Gasteiger partial charge in [0.1, 0.15) is 0 Å². The Balaban J connectivity index is 0.000000149. The van der Waals surface area contributed by atoms with Gasteiger partial charge in [-0.05, 0) is 18.1 Å². The molecule has 0 spiro atoms. The molecule has 1 aromatic rings. The van der Waals surface area contributed by atoms with E-state index in [9.17, 15) is 9.59 Å². The van der Waals surface area contributed by atoms with Crippen LogP contribution in [0.5, 0.6) is 0 Å². The number of carbonyl (C=O) groups excluding carboxylic acids is 2. The summed E-state index contributed by atoms with van der Waals surface area (Å²) >= 11 is 0. The minimum absolute atomic E-state index is 0.359. The van der Waals surface area contributed by atoms with Gasteiger partial charge in [0.15, 0.2) is 0 Å². The number of cyclic esters (lactones) is 2. The lowest BCUT2D eigenvalue weighted by molar-refractivity contribution is 0.0444. The summed E-state index contributed by atoms with van der Waals surface area (Å²) in [5.41, 5.74) is 0.718. The zero-order valence-electron chi connectivity index (χ0n) is 10.6. The fourth-order valence-electron chi connectivity index (χ4n) is 2.34.